The molecule has 19 heavy (non-hydrogen) atoms. The molecular formula is C10H13F3N4O2. The lowest BCUT2D eigenvalue weighted by Gasteiger charge is -2.11. The summed E-state index contributed by atoms with van der Waals surface area (Å²) in [5, 5.41) is 15.5. The zero-order valence-corrected chi connectivity index (χ0v) is 10.1. The van der Waals surface area contributed by atoms with Gasteiger partial charge in [-0.1, -0.05) is 6.92 Å². The van der Waals surface area contributed by atoms with Gasteiger partial charge in [-0.2, -0.15) is 13.2 Å². The number of hydrogen-bond donors (Lipinski definition) is 2. The highest BCUT2D eigenvalue weighted by molar-refractivity contribution is 5.60. The molecule has 0 unspecified atom stereocenters. The first-order chi connectivity index (χ1) is 8.83. The summed E-state index contributed by atoms with van der Waals surface area (Å²) in [4.78, 5) is 13.7. The Morgan fingerprint density at radius 2 is 2.05 bits per heavy atom. The van der Waals surface area contributed by atoms with Crippen LogP contribution in [0, 0.1) is 10.1 Å². The minimum atomic E-state index is -4.47. The molecule has 0 aliphatic rings. The molecule has 0 fully saturated rings. The summed E-state index contributed by atoms with van der Waals surface area (Å²) >= 11 is 0. The van der Waals surface area contributed by atoms with Crippen molar-refractivity contribution in [3.8, 4) is 0 Å². The minimum Gasteiger partial charge on any atom is -0.370 e. The normalized spacial score (nSPS) is 11.2. The van der Waals surface area contributed by atoms with Crippen LogP contribution in [0.2, 0.25) is 0 Å². The van der Waals surface area contributed by atoms with Crippen LogP contribution in [0.15, 0.2) is 12.1 Å². The Kier molecular flexibility index (Phi) is 4.90. The maximum Gasteiger partial charge on any atom is 0.405 e. The van der Waals surface area contributed by atoms with Gasteiger partial charge in [-0.15, -0.1) is 0 Å². The Hall–Kier alpha value is -2.06. The second kappa shape index (κ2) is 6.21. The molecule has 6 nitrogen and oxygen atoms in total. The van der Waals surface area contributed by atoms with E-state index >= 15 is 0 Å². The molecule has 0 bridgehead atoms. The van der Waals surface area contributed by atoms with Gasteiger partial charge in [0.25, 0.3) is 0 Å². The highest BCUT2D eigenvalue weighted by atomic mass is 19.4. The van der Waals surface area contributed by atoms with Crippen molar-refractivity contribution in [2.24, 2.45) is 0 Å². The van der Waals surface area contributed by atoms with Gasteiger partial charge in [-0.3, -0.25) is 10.1 Å². The largest absolute Gasteiger partial charge is 0.405 e. The van der Waals surface area contributed by atoms with Crippen LogP contribution in [0.5, 0.6) is 0 Å². The minimum absolute atomic E-state index is 0.289. The Morgan fingerprint density at radius 1 is 1.37 bits per heavy atom. The van der Waals surface area contributed by atoms with E-state index in [0.717, 1.165) is 12.5 Å². The van der Waals surface area contributed by atoms with Gasteiger partial charge in [0, 0.05) is 12.6 Å². The Labute approximate surface area is 107 Å². The number of nitro groups is 1. The number of alkyl halides is 3. The van der Waals surface area contributed by atoms with Gasteiger partial charge in [0.2, 0.25) is 5.82 Å². The number of pyridine rings is 1. The molecule has 0 spiro atoms. The number of aromatic nitrogens is 1. The first kappa shape index (κ1) is 15.0. The lowest BCUT2D eigenvalue weighted by atomic mass is 10.3. The quantitative estimate of drug-likeness (QED) is 0.617. The summed E-state index contributed by atoms with van der Waals surface area (Å²) in [5.41, 5.74) is -0.494. The van der Waals surface area contributed by atoms with Crippen molar-refractivity contribution < 1.29 is 18.1 Å². The van der Waals surface area contributed by atoms with Crippen LogP contribution in [-0.4, -0.2) is 29.2 Å². The van der Waals surface area contributed by atoms with Crippen molar-refractivity contribution in [2.45, 2.75) is 19.5 Å². The molecule has 0 atom stereocenters. The number of nitrogens with zero attached hydrogens (tertiary/aromatic N) is 2. The van der Waals surface area contributed by atoms with Gasteiger partial charge in [0.15, 0.2) is 0 Å². The lowest BCUT2D eigenvalue weighted by Crippen LogP contribution is -2.22. The fourth-order valence-electron chi connectivity index (χ4n) is 1.26. The molecule has 0 radical (unpaired) electrons. The van der Waals surface area contributed by atoms with Crippen molar-refractivity contribution in [1.29, 1.82) is 0 Å². The summed E-state index contributed by atoms with van der Waals surface area (Å²) in [7, 11) is 0. The van der Waals surface area contributed by atoms with Crippen LogP contribution in [0.3, 0.4) is 0 Å². The Morgan fingerprint density at radius 3 is 2.58 bits per heavy atom. The highest BCUT2D eigenvalue weighted by Gasteiger charge is 2.28. The van der Waals surface area contributed by atoms with Crippen LogP contribution in [0.1, 0.15) is 13.3 Å². The van der Waals surface area contributed by atoms with Gasteiger partial charge in [-0.25, -0.2) is 4.98 Å². The second-order valence-electron chi connectivity index (χ2n) is 3.72. The lowest BCUT2D eigenvalue weighted by molar-refractivity contribution is -0.384. The molecule has 0 saturated heterocycles. The molecule has 106 valence electrons. The molecule has 9 heteroatoms. The highest BCUT2D eigenvalue weighted by Crippen LogP contribution is 2.25. The van der Waals surface area contributed by atoms with Crippen LogP contribution >= 0.6 is 0 Å². The van der Waals surface area contributed by atoms with E-state index in [1.807, 2.05) is 12.2 Å². The average Bonchev–Trinajstić information content (AvgIpc) is 2.32. The zero-order valence-electron chi connectivity index (χ0n) is 10.1. The van der Waals surface area contributed by atoms with Crippen molar-refractivity contribution in [1.82, 2.24) is 4.98 Å². The third kappa shape index (κ3) is 4.98. The van der Waals surface area contributed by atoms with Gasteiger partial charge < -0.3 is 10.6 Å². The number of nitrogens with one attached hydrogen (secondary N) is 2. The SMILES string of the molecule is CCCNc1ccc([N+](=O)[O-])c(NCC(F)(F)F)n1. The summed E-state index contributed by atoms with van der Waals surface area (Å²) in [6.45, 7) is 1.10. The summed E-state index contributed by atoms with van der Waals surface area (Å²) in [6, 6.07) is 2.47. The fraction of sp³-hybridized carbons (Fsp3) is 0.500. The van der Waals surface area contributed by atoms with E-state index in [4.69, 9.17) is 0 Å². The molecule has 2 N–H and O–H groups in total. The smallest absolute Gasteiger partial charge is 0.370 e. The Bertz CT molecular complexity index is 451. The van der Waals surface area contributed by atoms with E-state index in [1.54, 1.807) is 0 Å². The van der Waals surface area contributed by atoms with Crippen LogP contribution in [0.4, 0.5) is 30.5 Å². The van der Waals surface area contributed by atoms with Crippen molar-refractivity contribution >= 4 is 17.3 Å². The molecule has 1 aromatic heterocycles. The second-order valence-corrected chi connectivity index (χ2v) is 3.72. The third-order valence-corrected chi connectivity index (χ3v) is 2.08. The predicted octanol–water partition coefficient (Wildman–Crippen LogP) is 2.79. The van der Waals surface area contributed by atoms with Gasteiger partial charge in [0.1, 0.15) is 12.4 Å². The fourth-order valence-corrected chi connectivity index (χ4v) is 1.26. The van der Waals surface area contributed by atoms with Crippen LogP contribution in [-0.2, 0) is 0 Å². The molecule has 1 aromatic rings. The average molecular weight is 278 g/mol. The number of rotatable bonds is 6. The molecular weight excluding hydrogens is 265 g/mol. The molecule has 0 saturated carbocycles. The molecule has 0 amide bonds. The maximum absolute atomic E-state index is 12.1. The van der Waals surface area contributed by atoms with E-state index in [-0.39, 0.29) is 5.82 Å². The number of anilines is 2. The van der Waals surface area contributed by atoms with Crippen molar-refractivity contribution in [2.75, 3.05) is 23.7 Å². The van der Waals surface area contributed by atoms with Crippen molar-refractivity contribution in [3.63, 3.8) is 0 Å². The molecule has 0 aliphatic heterocycles. The summed E-state index contributed by atoms with van der Waals surface area (Å²) in [6.07, 6.45) is -3.67. The predicted molar refractivity (Wildman–Crippen MR) is 64.2 cm³/mol. The molecule has 1 rings (SSSR count). The first-order valence-corrected chi connectivity index (χ1v) is 5.53. The number of hydrogen-bond acceptors (Lipinski definition) is 5. The van der Waals surface area contributed by atoms with E-state index in [0.29, 0.717) is 6.54 Å². The standard InChI is InChI=1S/C10H13F3N4O2/c1-2-5-14-8-4-3-7(17(18)19)9(16-8)15-6-10(11,12)13/h3-4H,2,5-6H2,1H3,(H2,14,15,16). The monoisotopic (exact) mass is 278 g/mol. The first-order valence-electron chi connectivity index (χ1n) is 5.53. The summed E-state index contributed by atoms with van der Waals surface area (Å²) < 4.78 is 36.3. The van der Waals surface area contributed by atoms with Gasteiger partial charge >= 0.3 is 11.9 Å². The van der Waals surface area contributed by atoms with Gasteiger partial charge in [-0.05, 0) is 12.5 Å². The molecule has 1 heterocycles. The van der Waals surface area contributed by atoms with E-state index < -0.39 is 29.1 Å². The Balaban J connectivity index is 2.92. The number of halogens is 3. The topological polar surface area (TPSA) is 80.1 Å². The zero-order chi connectivity index (χ0) is 14.5. The van der Waals surface area contributed by atoms with E-state index in [2.05, 4.69) is 10.3 Å². The van der Waals surface area contributed by atoms with E-state index in [1.165, 1.54) is 6.07 Å². The maximum atomic E-state index is 12.1. The molecule has 0 aliphatic carbocycles. The molecule has 0 aromatic carbocycles. The van der Waals surface area contributed by atoms with Gasteiger partial charge in [0.05, 0.1) is 4.92 Å². The summed E-state index contributed by atoms with van der Waals surface area (Å²) in [5.74, 6) is -0.111. The van der Waals surface area contributed by atoms with E-state index in [9.17, 15) is 23.3 Å². The van der Waals surface area contributed by atoms with Crippen LogP contribution < -0.4 is 10.6 Å². The third-order valence-electron chi connectivity index (χ3n) is 2.08. The van der Waals surface area contributed by atoms with Crippen molar-refractivity contribution in [3.05, 3.63) is 22.2 Å². The van der Waals surface area contributed by atoms with Crippen LogP contribution in [0.25, 0.3) is 0 Å².